The lowest BCUT2D eigenvalue weighted by molar-refractivity contribution is 0.580. The van der Waals surface area contributed by atoms with Crippen molar-refractivity contribution in [1.82, 2.24) is 9.78 Å². The van der Waals surface area contributed by atoms with E-state index in [9.17, 15) is 8.78 Å². The van der Waals surface area contributed by atoms with Crippen LogP contribution in [0.2, 0.25) is 0 Å². The van der Waals surface area contributed by atoms with Crippen molar-refractivity contribution in [2.24, 2.45) is 7.05 Å². The zero-order valence-corrected chi connectivity index (χ0v) is 9.67. The van der Waals surface area contributed by atoms with Gasteiger partial charge in [-0.05, 0) is 24.6 Å². The molecule has 90 valence electrons. The summed E-state index contributed by atoms with van der Waals surface area (Å²) in [5, 5.41) is 7.16. The fourth-order valence-corrected chi connectivity index (χ4v) is 1.58. The van der Waals surface area contributed by atoms with Crippen LogP contribution in [0.25, 0.3) is 0 Å². The average Bonchev–Trinajstić information content (AvgIpc) is 2.56. The molecule has 1 aromatic carbocycles. The van der Waals surface area contributed by atoms with E-state index in [0.29, 0.717) is 12.1 Å². The van der Waals surface area contributed by atoms with Crippen LogP contribution >= 0.6 is 0 Å². The molecule has 0 radical (unpaired) electrons. The molecule has 17 heavy (non-hydrogen) atoms. The molecule has 0 saturated carbocycles. The lowest BCUT2D eigenvalue weighted by Crippen LogP contribution is -2.02. The highest BCUT2D eigenvalue weighted by Crippen LogP contribution is 2.14. The normalized spacial score (nSPS) is 10.6. The Bertz CT molecular complexity index is 514. The Kier molecular flexibility index (Phi) is 3.08. The van der Waals surface area contributed by atoms with Crippen molar-refractivity contribution in [2.45, 2.75) is 13.5 Å². The molecule has 0 bridgehead atoms. The zero-order chi connectivity index (χ0) is 12.4. The summed E-state index contributed by atoms with van der Waals surface area (Å²) in [6.45, 7) is 2.28. The summed E-state index contributed by atoms with van der Waals surface area (Å²) in [6, 6.07) is 3.47. The van der Waals surface area contributed by atoms with Gasteiger partial charge in [-0.2, -0.15) is 5.10 Å². The van der Waals surface area contributed by atoms with Gasteiger partial charge in [-0.15, -0.1) is 0 Å². The molecule has 0 saturated heterocycles. The van der Waals surface area contributed by atoms with Crippen molar-refractivity contribution in [1.29, 1.82) is 0 Å². The minimum absolute atomic E-state index is 0.362. The van der Waals surface area contributed by atoms with Crippen LogP contribution < -0.4 is 5.32 Å². The Labute approximate surface area is 98.1 Å². The maximum absolute atomic E-state index is 13.0. The van der Waals surface area contributed by atoms with E-state index < -0.39 is 11.6 Å². The van der Waals surface area contributed by atoms with Gasteiger partial charge in [-0.1, -0.05) is 0 Å². The summed E-state index contributed by atoms with van der Waals surface area (Å²) < 4.78 is 27.6. The number of halogens is 2. The molecule has 1 N–H and O–H groups in total. The molecule has 0 amide bonds. The highest BCUT2D eigenvalue weighted by Gasteiger charge is 2.04. The molecule has 1 aromatic heterocycles. The van der Waals surface area contributed by atoms with E-state index in [4.69, 9.17) is 0 Å². The smallest absolute Gasteiger partial charge is 0.126 e. The van der Waals surface area contributed by atoms with Crippen molar-refractivity contribution in [2.75, 3.05) is 5.32 Å². The van der Waals surface area contributed by atoms with Crippen LogP contribution in [0, 0.1) is 18.6 Å². The largest absolute Gasteiger partial charge is 0.378 e. The third-order valence-corrected chi connectivity index (χ3v) is 2.64. The number of anilines is 1. The second-order valence-corrected chi connectivity index (χ2v) is 3.90. The van der Waals surface area contributed by atoms with E-state index in [2.05, 4.69) is 10.4 Å². The van der Waals surface area contributed by atoms with Gasteiger partial charge >= 0.3 is 0 Å². The lowest BCUT2D eigenvalue weighted by Gasteiger charge is -2.06. The summed E-state index contributed by atoms with van der Waals surface area (Å²) >= 11 is 0. The maximum Gasteiger partial charge on any atom is 0.126 e. The van der Waals surface area contributed by atoms with Gasteiger partial charge in [-0.25, -0.2) is 8.78 Å². The van der Waals surface area contributed by atoms with E-state index in [1.165, 1.54) is 12.1 Å². The summed E-state index contributed by atoms with van der Waals surface area (Å²) in [7, 11) is 1.84. The van der Waals surface area contributed by atoms with Gasteiger partial charge in [0.2, 0.25) is 0 Å². The Morgan fingerprint density at radius 1 is 1.24 bits per heavy atom. The average molecular weight is 237 g/mol. The molecular formula is C12H13F2N3. The van der Waals surface area contributed by atoms with Gasteiger partial charge in [0, 0.05) is 19.7 Å². The predicted molar refractivity (Wildman–Crippen MR) is 61.6 cm³/mol. The van der Waals surface area contributed by atoms with E-state index >= 15 is 0 Å². The molecule has 3 nitrogen and oxygen atoms in total. The van der Waals surface area contributed by atoms with Crippen LogP contribution in [0.5, 0.6) is 0 Å². The number of aromatic nitrogens is 2. The third kappa shape index (κ3) is 2.61. The van der Waals surface area contributed by atoms with Gasteiger partial charge in [0.05, 0.1) is 17.6 Å². The first-order valence-corrected chi connectivity index (χ1v) is 5.23. The number of hydrogen-bond acceptors (Lipinski definition) is 2. The monoisotopic (exact) mass is 237 g/mol. The molecule has 0 unspecified atom stereocenters. The van der Waals surface area contributed by atoms with Gasteiger partial charge < -0.3 is 5.32 Å². The first kappa shape index (κ1) is 11.6. The molecule has 2 aromatic rings. The second-order valence-electron chi connectivity index (χ2n) is 3.90. The van der Waals surface area contributed by atoms with Crippen molar-refractivity contribution < 1.29 is 8.78 Å². The van der Waals surface area contributed by atoms with Crippen LogP contribution in [0.15, 0.2) is 24.4 Å². The molecule has 2 rings (SSSR count). The van der Waals surface area contributed by atoms with Gasteiger partial charge in [-0.3, -0.25) is 4.68 Å². The second kappa shape index (κ2) is 4.53. The maximum atomic E-state index is 13.0. The van der Waals surface area contributed by atoms with Crippen LogP contribution in [0.1, 0.15) is 11.3 Å². The number of nitrogens with one attached hydrogen (secondary N) is 1. The Morgan fingerprint density at radius 3 is 2.41 bits per heavy atom. The first-order valence-electron chi connectivity index (χ1n) is 5.23. The summed E-state index contributed by atoms with van der Waals surface area (Å²) in [5.41, 5.74) is 2.39. The number of rotatable bonds is 3. The summed E-state index contributed by atoms with van der Waals surface area (Å²) in [4.78, 5) is 0. The van der Waals surface area contributed by atoms with E-state index in [0.717, 1.165) is 17.4 Å². The van der Waals surface area contributed by atoms with Crippen molar-refractivity contribution in [3.63, 3.8) is 0 Å². The number of aryl methyl sites for hydroxylation is 1. The quantitative estimate of drug-likeness (QED) is 0.889. The van der Waals surface area contributed by atoms with Crippen LogP contribution in [0.3, 0.4) is 0 Å². The predicted octanol–water partition coefficient (Wildman–Crippen LogP) is 2.62. The van der Waals surface area contributed by atoms with Crippen molar-refractivity contribution in [3.05, 3.63) is 47.3 Å². The summed E-state index contributed by atoms with van der Waals surface area (Å²) in [6.07, 6.45) is 1.69. The molecule has 0 spiro atoms. The number of hydrogen-bond donors (Lipinski definition) is 1. The van der Waals surface area contributed by atoms with Crippen LogP contribution in [-0.4, -0.2) is 9.78 Å². The molecule has 0 fully saturated rings. The Morgan fingerprint density at radius 2 is 1.88 bits per heavy atom. The highest BCUT2D eigenvalue weighted by molar-refractivity contribution is 5.46. The fourth-order valence-electron chi connectivity index (χ4n) is 1.58. The van der Waals surface area contributed by atoms with Gasteiger partial charge in [0.15, 0.2) is 0 Å². The van der Waals surface area contributed by atoms with Crippen LogP contribution in [-0.2, 0) is 13.6 Å². The molecule has 5 heteroatoms. The zero-order valence-electron chi connectivity index (χ0n) is 9.67. The van der Waals surface area contributed by atoms with E-state index in [1.54, 1.807) is 10.9 Å². The third-order valence-electron chi connectivity index (χ3n) is 2.64. The molecule has 0 aliphatic carbocycles. The minimum atomic E-state index is -0.565. The van der Waals surface area contributed by atoms with E-state index in [-0.39, 0.29) is 0 Å². The first-order chi connectivity index (χ1) is 8.06. The van der Waals surface area contributed by atoms with Crippen molar-refractivity contribution in [3.8, 4) is 0 Å². The Hall–Kier alpha value is -1.91. The molecule has 0 atom stereocenters. The van der Waals surface area contributed by atoms with Crippen LogP contribution in [0.4, 0.5) is 14.5 Å². The van der Waals surface area contributed by atoms with E-state index in [1.807, 2.05) is 14.0 Å². The van der Waals surface area contributed by atoms with Crippen molar-refractivity contribution >= 4 is 5.69 Å². The SMILES string of the molecule is Cc1c(NCc2cc(F)cc(F)c2)cnn1C. The molecule has 1 heterocycles. The topological polar surface area (TPSA) is 29.9 Å². The molecule has 0 aliphatic rings. The highest BCUT2D eigenvalue weighted by atomic mass is 19.1. The number of nitrogens with zero attached hydrogens (tertiary/aromatic N) is 2. The lowest BCUT2D eigenvalue weighted by atomic mass is 10.2. The minimum Gasteiger partial charge on any atom is -0.378 e. The van der Waals surface area contributed by atoms with Gasteiger partial charge in [0.25, 0.3) is 0 Å². The molecule has 0 aliphatic heterocycles. The fraction of sp³-hybridized carbons (Fsp3) is 0.250. The standard InChI is InChI=1S/C12H13F2N3/c1-8-12(7-16-17(8)2)15-6-9-3-10(13)5-11(14)4-9/h3-5,7,15H,6H2,1-2H3. The molecular weight excluding hydrogens is 224 g/mol. The number of benzene rings is 1. The summed E-state index contributed by atoms with van der Waals surface area (Å²) in [5.74, 6) is -1.13. The van der Waals surface area contributed by atoms with Gasteiger partial charge in [0.1, 0.15) is 11.6 Å². The Balaban J connectivity index is 2.09.